The Morgan fingerprint density at radius 2 is 1.88 bits per heavy atom. The highest BCUT2D eigenvalue weighted by molar-refractivity contribution is 7.91. The van der Waals surface area contributed by atoms with Gasteiger partial charge >= 0.3 is 0 Å². The summed E-state index contributed by atoms with van der Waals surface area (Å²) in [6.45, 7) is 1.24. The van der Waals surface area contributed by atoms with Gasteiger partial charge < -0.3 is 10.6 Å². The van der Waals surface area contributed by atoms with Crippen molar-refractivity contribution >= 4 is 15.7 Å². The summed E-state index contributed by atoms with van der Waals surface area (Å²) >= 11 is 0. The van der Waals surface area contributed by atoms with Gasteiger partial charge in [0.05, 0.1) is 23.0 Å². The quantitative estimate of drug-likeness (QED) is 0.715. The van der Waals surface area contributed by atoms with Crippen LogP contribution in [-0.2, 0) is 14.6 Å². The first-order chi connectivity index (χ1) is 7.90. The Hall–Kier alpha value is -0.620. The maximum atomic E-state index is 12.1. The van der Waals surface area contributed by atoms with Crippen LogP contribution in [0.5, 0.6) is 0 Å². The van der Waals surface area contributed by atoms with Crippen LogP contribution < -0.4 is 5.73 Å². The third-order valence-corrected chi connectivity index (χ3v) is 6.02. The number of sulfone groups is 1. The van der Waals surface area contributed by atoms with Crippen molar-refractivity contribution in [2.24, 2.45) is 17.6 Å². The zero-order chi connectivity index (χ0) is 12.3. The van der Waals surface area contributed by atoms with Crippen molar-refractivity contribution < 1.29 is 13.2 Å². The lowest BCUT2D eigenvalue weighted by atomic mass is 9.84. The molecule has 0 bridgehead atoms. The van der Waals surface area contributed by atoms with E-state index in [-0.39, 0.29) is 28.9 Å². The summed E-state index contributed by atoms with van der Waals surface area (Å²) in [5, 5.41) is 0. The van der Waals surface area contributed by atoms with Crippen molar-refractivity contribution in [1.29, 1.82) is 0 Å². The Morgan fingerprint density at radius 1 is 1.24 bits per heavy atom. The lowest BCUT2D eigenvalue weighted by Crippen LogP contribution is -2.70. The first kappa shape index (κ1) is 11.5. The molecule has 1 saturated carbocycles. The molecule has 1 unspecified atom stereocenters. The molecule has 0 spiro atoms. The van der Waals surface area contributed by atoms with Gasteiger partial charge in [-0.3, -0.25) is 4.79 Å². The standard InChI is InChI=1S/C11H18N2O3S/c12-11(9-1-2-9)6-13(7-11)10(14)8-3-4-17(15,16)5-8/h8-9H,1-7,12H2. The number of likely N-dealkylation sites (tertiary alicyclic amines) is 1. The largest absolute Gasteiger partial charge is 0.339 e. The molecule has 0 radical (unpaired) electrons. The summed E-state index contributed by atoms with van der Waals surface area (Å²) in [4.78, 5) is 13.8. The lowest BCUT2D eigenvalue weighted by molar-refractivity contribution is -0.143. The first-order valence-electron chi connectivity index (χ1n) is 6.18. The van der Waals surface area contributed by atoms with Crippen LogP contribution in [-0.4, -0.2) is 49.4 Å². The minimum Gasteiger partial charge on any atom is -0.339 e. The normalized spacial score (nSPS) is 34.4. The van der Waals surface area contributed by atoms with E-state index in [4.69, 9.17) is 5.73 Å². The number of amides is 1. The van der Waals surface area contributed by atoms with Crippen LogP contribution in [0, 0.1) is 11.8 Å². The smallest absolute Gasteiger partial charge is 0.226 e. The van der Waals surface area contributed by atoms with Gasteiger partial charge in [-0.05, 0) is 25.2 Å². The molecule has 96 valence electrons. The average Bonchev–Trinajstić information content (AvgIpc) is 2.98. The monoisotopic (exact) mass is 258 g/mol. The van der Waals surface area contributed by atoms with Crippen molar-refractivity contribution in [3.05, 3.63) is 0 Å². The molecule has 0 aromatic heterocycles. The van der Waals surface area contributed by atoms with E-state index in [2.05, 4.69) is 0 Å². The van der Waals surface area contributed by atoms with Gasteiger partial charge in [0, 0.05) is 13.1 Å². The third-order valence-electron chi connectivity index (χ3n) is 4.25. The molecule has 17 heavy (non-hydrogen) atoms. The highest BCUT2D eigenvalue weighted by Crippen LogP contribution is 2.43. The number of nitrogens with two attached hydrogens (primary N) is 1. The van der Waals surface area contributed by atoms with Gasteiger partial charge in [0.25, 0.3) is 0 Å². The Kier molecular flexibility index (Phi) is 2.32. The van der Waals surface area contributed by atoms with Crippen LogP contribution in [0.25, 0.3) is 0 Å². The van der Waals surface area contributed by atoms with E-state index in [9.17, 15) is 13.2 Å². The highest BCUT2D eigenvalue weighted by Gasteiger charge is 2.52. The van der Waals surface area contributed by atoms with Gasteiger partial charge in [-0.15, -0.1) is 0 Å². The van der Waals surface area contributed by atoms with E-state index in [1.165, 1.54) is 12.8 Å². The Bertz CT molecular complexity index is 449. The van der Waals surface area contributed by atoms with Crippen LogP contribution in [0.3, 0.4) is 0 Å². The molecule has 2 heterocycles. The summed E-state index contributed by atoms with van der Waals surface area (Å²) in [6, 6.07) is 0. The van der Waals surface area contributed by atoms with Crippen LogP contribution in [0.2, 0.25) is 0 Å². The Labute approximate surface area is 101 Å². The van der Waals surface area contributed by atoms with Crippen molar-refractivity contribution in [2.45, 2.75) is 24.8 Å². The number of hydrogen-bond acceptors (Lipinski definition) is 4. The predicted molar refractivity (Wildman–Crippen MR) is 63.0 cm³/mol. The summed E-state index contributed by atoms with van der Waals surface area (Å²) in [7, 11) is -2.97. The van der Waals surface area contributed by atoms with Crippen molar-refractivity contribution in [3.63, 3.8) is 0 Å². The SMILES string of the molecule is NC1(C2CC2)CN(C(=O)C2CCS(=O)(=O)C2)C1. The topological polar surface area (TPSA) is 80.5 Å². The van der Waals surface area contributed by atoms with E-state index < -0.39 is 9.84 Å². The number of carbonyl (C=O) groups is 1. The van der Waals surface area contributed by atoms with Gasteiger partial charge in [0.1, 0.15) is 0 Å². The highest BCUT2D eigenvalue weighted by atomic mass is 32.2. The van der Waals surface area contributed by atoms with Crippen molar-refractivity contribution in [3.8, 4) is 0 Å². The maximum Gasteiger partial charge on any atom is 0.226 e. The molecule has 2 N–H and O–H groups in total. The van der Waals surface area contributed by atoms with Gasteiger partial charge in [-0.1, -0.05) is 0 Å². The minimum atomic E-state index is -2.97. The van der Waals surface area contributed by atoms with E-state index in [0.717, 1.165) is 0 Å². The Morgan fingerprint density at radius 3 is 2.35 bits per heavy atom. The summed E-state index contributed by atoms with van der Waals surface area (Å²) in [5.41, 5.74) is 6.00. The molecule has 2 saturated heterocycles. The summed E-state index contributed by atoms with van der Waals surface area (Å²) < 4.78 is 22.6. The van der Waals surface area contributed by atoms with Crippen LogP contribution in [0.4, 0.5) is 0 Å². The number of rotatable bonds is 2. The third kappa shape index (κ3) is 1.97. The second kappa shape index (κ2) is 3.45. The fourth-order valence-electron chi connectivity index (χ4n) is 2.98. The minimum absolute atomic E-state index is 0.00667. The molecule has 6 heteroatoms. The maximum absolute atomic E-state index is 12.1. The van der Waals surface area contributed by atoms with Crippen LogP contribution in [0.15, 0.2) is 0 Å². The van der Waals surface area contributed by atoms with E-state index in [1.807, 2.05) is 0 Å². The number of nitrogens with zero attached hydrogens (tertiary/aromatic N) is 1. The molecule has 1 aliphatic carbocycles. The van der Waals surface area contributed by atoms with Crippen molar-refractivity contribution in [2.75, 3.05) is 24.6 Å². The van der Waals surface area contributed by atoms with Gasteiger partial charge in [0.15, 0.2) is 9.84 Å². The second-order valence-electron chi connectivity index (χ2n) is 5.80. The van der Waals surface area contributed by atoms with E-state index >= 15 is 0 Å². The number of hydrogen-bond donors (Lipinski definition) is 1. The molecular formula is C11H18N2O3S. The first-order valence-corrected chi connectivity index (χ1v) is 8.00. The molecule has 0 aromatic rings. The van der Waals surface area contributed by atoms with Gasteiger partial charge in [-0.2, -0.15) is 0 Å². The molecule has 5 nitrogen and oxygen atoms in total. The summed E-state index contributed by atoms with van der Waals surface area (Å²) in [6.07, 6.45) is 2.84. The summed E-state index contributed by atoms with van der Waals surface area (Å²) in [5.74, 6) is 0.451. The molecular weight excluding hydrogens is 240 g/mol. The second-order valence-corrected chi connectivity index (χ2v) is 8.03. The lowest BCUT2D eigenvalue weighted by Gasteiger charge is -2.49. The zero-order valence-corrected chi connectivity index (χ0v) is 10.6. The van der Waals surface area contributed by atoms with Gasteiger partial charge in [0.2, 0.25) is 5.91 Å². The molecule has 3 rings (SSSR count). The van der Waals surface area contributed by atoms with Crippen LogP contribution >= 0.6 is 0 Å². The van der Waals surface area contributed by atoms with Gasteiger partial charge in [-0.25, -0.2) is 8.42 Å². The average molecular weight is 258 g/mol. The fraction of sp³-hybridized carbons (Fsp3) is 0.909. The molecule has 1 atom stereocenters. The van der Waals surface area contributed by atoms with E-state index in [0.29, 0.717) is 25.4 Å². The zero-order valence-electron chi connectivity index (χ0n) is 9.76. The number of carbonyl (C=O) groups excluding carboxylic acids is 1. The fourth-order valence-corrected chi connectivity index (χ4v) is 4.72. The van der Waals surface area contributed by atoms with Crippen molar-refractivity contribution in [1.82, 2.24) is 4.90 Å². The molecule has 3 aliphatic rings. The molecule has 1 amide bonds. The van der Waals surface area contributed by atoms with Crippen LogP contribution in [0.1, 0.15) is 19.3 Å². The van der Waals surface area contributed by atoms with E-state index in [1.54, 1.807) is 4.90 Å². The predicted octanol–water partition coefficient (Wildman–Crippen LogP) is -0.629. The molecule has 3 fully saturated rings. The Balaban J connectivity index is 1.58. The molecule has 2 aliphatic heterocycles. The molecule has 0 aromatic carbocycles.